The fourth-order valence-electron chi connectivity index (χ4n) is 2.81. The molecule has 2 N–H and O–H groups in total. The lowest BCUT2D eigenvalue weighted by molar-refractivity contribution is 0.176. The minimum absolute atomic E-state index is 0.0302. The first-order valence-corrected chi connectivity index (χ1v) is 7.97. The summed E-state index contributed by atoms with van der Waals surface area (Å²) in [5, 5.41) is 6.22. The van der Waals surface area contributed by atoms with Crippen LogP contribution in [-0.2, 0) is 0 Å². The van der Waals surface area contributed by atoms with Crippen LogP contribution in [0.15, 0.2) is 24.3 Å². The molecule has 4 nitrogen and oxygen atoms in total. The number of hydrogen-bond acceptors (Lipinski definition) is 2. The lowest BCUT2D eigenvalue weighted by Gasteiger charge is -2.32. The molecule has 4 heteroatoms. The Kier molecular flexibility index (Phi) is 5.62. The molecule has 0 aromatic heterocycles. The Hall–Kier alpha value is -1.55. The van der Waals surface area contributed by atoms with E-state index in [1.807, 2.05) is 24.1 Å². The molecule has 1 aromatic rings. The number of nitrogens with one attached hydrogen (secondary N) is 2. The minimum Gasteiger partial charge on any atom is -0.324 e. The highest BCUT2D eigenvalue weighted by Crippen LogP contribution is 2.21. The summed E-state index contributed by atoms with van der Waals surface area (Å²) < 4.78 is 0. The molecule has 2 atom stereocenters. The highest BCUT2D eigenvalue weighted by Gasteiger charge is 2.22. The number of piperidine rings is 1. The van der Waals surface area contributed by atoms with Crippen molar-refractivity contribution in [2.45, 2.75) is 39.2 Å². The van der Waals surface area contributed by atoms with Gasteiger partial charge in [0.25, 0.3) is 0 Å². The maximum atomic E-state index is 12.3. The first-order valence-electron chi connectivity index (χ1n) is 7.97. The van der Waals surface area contributed by atoms with Crippen molar-refractivity contribution in [2.75, 3.05) is 25.5 Å². The van der Waals surface area contributed by atoms with Crippen molar-refractivity contribution < 1.29 is 4.79 Å². The zero-order chi connectivity index (χ0) is 15.2. The molecule has 2 rings (SSSR count). The summed E-state index contributed by atoms with van der Waals surface area (Å²) in [6, 6.07) is 8.42. The van der Waals surface area contributed by atoms with Gasteiger partial charge in [0.1, 0.15) is 0 Å². The van der Waals surface area contributed by atoms with Gasteiger partial charge in [0.2, 0.25) is 0 Å². The molecule has 0 bridgehead atoms. The van der Waals surface area contributed by atoms with Crippen molar-refractivity contribution in [2.24, 2.45) is 5.92 Å². The van der Waals surface area contributed by atoms with Gasteiger partial charge in [0.05, 0.1) is 0 Å². The molecule has 1 aromatic carbocycles. The second kappa shape index (κ2) is 7.46. The second-order valence-corrected chi connectivity index (χ2v) is 5.93. The predicted molar refractivity (Wildman–Crippen MR) is 87.5 cm³/mol. The van der Waals surface area contributed by atoms with Crippen LogP contribution in [0.25, 0.3) is 0 Å². The molecule has 0 saturated carbocycles. The standard InChI is InChI=1S/C17H27N3O/c1-4-14-6-5-11-20(12-14)17(21)19-16-9-7-15(8-10-16)13(2)18-3/h7-10,13-14,18H,4-6,11-12H2,1-3H3,(H,19,21). The van der Waals surface area contributed by atoms with Crippen LogP contribution in [0.5, 0.6) is 0 Å². The van der Waals surface area contributed by atoms with Crippen molar-refractivity contribution in [3.8, 4) is 0 Å². The van der Waals surface area contributed by atoms with Crippen molar-refractivity contribution in [3.63, 3.8) is 0 Å². The van der Waals surface area contributed by atoms with Crippen LogP contribution in [-0.4, -0.2) is 31.1 Å². The van der Waals surface area contributed by atoms with Gasteiger partial charge in [-0.3, -0.25) is 0 Å². The van der Waals surface area contributed by atoms with E-state index in [1.165, 1.54) is 12.0 Å². The highest BCUT2D eigenvalue weighted by molar-refractivity contribution is 5.89. The highest BCUT2D eigenvalue weighted by atomic mass is 16.2. The zero-order valence-electron chi connectivity index (χ0n) is 13.4. The van der Waals surface area contributed by atoms with Crippen LogP contribution in [0.3, 0.4) is 0 Å². The van der Waals surface area contributed by atoms with Gasteiger partial charge in [0, 0.05) is 24.8 Å². The van der Waals surface area contributed by atoms with E-state index in [4.69, 9.17) is 0 Å². The molecule has 1 heterocycles. The second-order valence-electron chi connectivity index (χ2n) is 5.93. The quantitative estimate of drug-likeness (QED) is 0.889. The normalized spacial score (nSPS) is 20.1. The van der Waals surface area contributed by atoms with E-state index in [0.717, 1.165) is 31.6 Å². The molecule has 1 aliphatic rings. The topological polar surface area (TPSA) is 44.4 Å². The first kappa shape index (κ1) is 15.8. The van der Waals surface area contributed by atoms with Crippen LogP contribution in [0, 0.1) is 5.92 Å². The number of benzene rings is 1. The Labute approximate surface area is 127 Å². The molecule has 116 valence electrons. The lowest BCUT2D eigenvalue weighted by Crippen LogP contribution is -2.42. The number of urea groups is 1. The number of amides is 2. The summed E-state index contributed by atoms with van der Waals surface area (Å²) in [5.41, 5.74) is 2.09. The molecule has 0 radical (unpaired) electrons. The summed E-state index contributed by atoms with van der Waals surface area (Å²) >= 11 is 0. The fraction of sp³-hybridized carbons (Fsp3) is 0.588. The third-order valence-corrected chi connectivity index (χ3v) is 4.48. The molecular formula is C17H27N3O. The largest absolute Gasteiger partial charge is 0.324 e. The van der Waals surface area contributed by atoms with Crippen molar-refractivity contribution in [1.29, 1.82) is 0 Å². The molecule has 1 saturated heterocycles. The van der Waals surface area contributed by atoms with Crippen LogP contribution in [0.1, 0.15) is 44.7 Å². The third-order valence-electron chi connectivity index (χ3n) is 4.48. The number of carbonyl (C=O) groups excluding carboxylic acids is 1. The average molecular weight is 289 g/mol. The van der Waals surface area contributed by atoms with Gasteiger partial charge in [-0.05, 0) is 50.4 Å². The first-order chi connectivity index (χ1) is 10.1. The summed E-state index contributed by atoms with van der Waals surface area (Å²) in [5.74, 6) is 0.656. The fourth-order valence-corrected chi connectivity index (χ4v) is 2.81. The molecule has 0 aliphatic carbocycles. The van der Waals surface area contributed by atoms with Crippen molar-refractivity contribution in [1.82, 2.24) is 10.2 Å². The number of anilines is 1. The molecular weight excluding hydrogens is 262 g/mol. The Morgan fingerprint density at radius 3 is 2.71 bits per heavy atom. The number of rotatable bonds is 4. The molecule has 21 heavy (non-hydrogen) atoms. The third kappa shape index (κ3) is 4.21. The molecule has 0 spiro atoms. The monoisotopic (exact) mass is 289 g/mol. The summed E-state index contributed by atoms with van der Waals surface area (Å²) in [4.78, 5) is 14.3. The van der Waals surface area contributed by atoms with Gasteiger partial charge in [-0.1, -0.05) is 25.5 Å². The van der Waals surface area contributed by atoms with Crippen LogP contribution >= 0.6 is 0 Å². The van der Waals surface area contributed by atoms with E-state index in [-0.39, 0.29) is 6.03 Å². The number of nitrogens with zero attached hydrogens (tertiary/aromatic N) is 1. The summed E-state index contributed by atoms with van der Waals surface area (Å²) in [6.45, 7) is 6.08. The van der Waals surface area contributed by atoms with Crippen LogP contribution < -0.4 is 10.6 Å². The Morgan fingerprint density at radius 2 is 2.10 bits per heavy atom. The summed E-state index contributed by atoms with van der Waals surface area (Å²) in [7, 11) is 1.95. The van der Waals surface area contributed by atoms with E-state index in [2.05, 4.69) is 36.6 Å². The SMILES string of the molecule is CCC1CCCN(C(=O)Nc2ccc(C(C)NC)cc2)C1. The smallest absolute Gasteiger partial charge is 0.321 e. The molecule has 2 unspecified atom stereocenters. The Balaban J connectivity index is 1.93. The van der Waals surface area contributed by atoms with Gasteiger partial charge in [-0.2, -0.15) is 0 Å². The van der Waals surface area contributed by atoms with Crippen LogP contribution in [0.2, 0.25) is 0 Å². The van der Waals surface area contributed by atoms with E-state index in [1.54, 1.807) is 0 Å². The number of likely N-dealkylation sites (tertiary alicyclic amines) is 1. The average Bonchev–Trinajstić information content (AvgIpc) is 2.54. The maximum absolute atomic E-state index is 12.3. The van der Waals surface area contributed by atoms with E-state index >= 15 is 0 Å². The van der Waals surface area contributed by atoms with Crippen LogP contribution in [0.4, 0.5) is 10.5 Å². The van der Waals surface area contributed by atoms with Gasteiger partial charge < -0.3 is 15.5 Å². The molecule has 1 aliphatic heterocycles. The Morgan fingerprint density at radius 1 is 1.38 bits per heavy atom. The zero-order valence-corrected chi connectivity index (χ0v) is 13.4. The minimum atomic E-state index is 0.0302. The van der Waals surface area contributed by atoms with Crippen molar-refractivity contribution >= 4 is 11.7 Å². The van der Waals surface area contributed by atoms with E-state index < -0.39 is 0 Å². The molecule has 1 fully saturated rings. The number of carbonyl (C=O) groups is 1. The number of hydrogen-bond donors (Lipinski definition) is 2. The summed E-state index contributed by atoms with van der Waals surface area (Å²) in [6.07, 6.45) is 3.52. The van der Waals surface area contributed by atoms with Gasteiger partial charge in [-0.25, -0.2) is 4.79 Å². The van der Waals surface area contributed by atoms with E-state index in [9.17, 15) is 4.79 Å². The maximum Gasteiger partial charge on any atom is 0.321 e. The van der Waals surface area contributed by atoms with Gasteiger partial charge in [0.15, 0.2) is 0 Å². The molecule has 2 amide bonds. The van der Waals surface area contributed by atoms with Crippen molar-refractivity contribution in [3.05, 3.63) is 29.8 Å². The lowest BCUT2D eigenvalue weighted by atomic mass is 9.96. The van der Waals surface area contributed by atoms with E-state index in [0.29, 0.717) is 12.0 Å². The Bertz CT molecular complexity index is 458. The predicted octanol–water partition coefficient (Wildman–Crippen LogP) is 3.62. The van der Waals surface area contributed by atoms with Gasteiger partial charge >= 0.3 is 6.03 Å². The van der Waals surface area contributed by atoms with Gasteiger partial charge in [-0.15, -0.1) is 0 Å².